The lowest BCUT2D eigenvalue weighted by atomic mass is 9.89. The van der Waals surface area contributed by atoms with Crippen molar-refractivity contribution in [2.45, 2.75) is 57.6 Å². The summed E-state index contributed by atoms with van der Waals surface area (Å²) in [6.07, 6.45) is 12.3. The summed E-state index contributed by atoms with van der Waals surface area (Å²) in [5.74, 6) is 2.05. The summed E-state index contributed by atoms with van der Waals surface area (Å²) in [5, 5.41) is 15.5. The molecular formula is C22H27N5O. The second kappa shape index (κ2) is 9.06. The van der Waals surface area contributed by atoms with Crippen molar-refractivity contribution >= 4 is 0 Å². The smallest absolute Gasteiger partial charge is 0.183 e. The van der Waals surface area contributed by atoms with Gasteiger partial charge in [0.2, 0.25) is 0 Å². The minimum Gasteiger partial charge on any atom is -0.380 e. The first-order valence-electron chi connectivity index (χ1n) is 10.2. The van der Waals surface area contributed by atoms with Crippen LogP contribution in [0.2, 0.25) is 0 Å². The van der Waals surface area contributed by atoms with Crippen LogP contribution in [0.15, 0.2) is 48.9 Å². The highest BCUT2D eigenvalue weighted by Crippen LogP contribution is 2.26. The van der Waals surface area contributed by atoms with E-state index in [9.17, 15) is 5.11 Å². The molecule has 6 nitrogen and oxygen atoms in total. The molecule has 2 heterocycles. The lowest BCUT2D eigenvalue weighted by molar-refractivity contribution is 0.208. The van der Waals surface area contributed by atoms with Crippen molar-refractivity contribution < 1.29 is 5.11 Å². The summed E-state index contributed by atoms with van der Waals surface area (Å²) in [5.41, 5.74) is 1.76. The highest BCUT2D eigenvalue weighted by Gasteiger charge is 2.21. The van der Waals surface area contributed by atoms with Gasteiger partial charge in [0, 0.05) is 31.6 Å². The van der Waals surface area contributed by atoms with Gasteiger partial charge in [-0.25, -0.2) is 9.67 Å². The standard InChI is InChI=1S/C22H27N5O/c28-21(18-9-5-2-6-10-18)22-25-20(12-11-19-15-23-13-14-24-19)27(26-22)16-17-7-3-1-4-8-17/h2,5-6,9-10,13-15,17,21,28H,1,3-4,7-8,11-12,16H2/t21-/m1/s1. The van der Waals surface area contributed by atoms with Crippen molar-refractivity contribution in [2.75, 3.05) is 0 Å². The molecule has 4 rings (SSSR count). The summed E-state index contributed by atoms with van der Waals surface area (Å²) in [6, 6.07) is 9.61. The van der Waals surface area contributed by atoms with E-state index in [0.717, 1.165) is 36.5 Å². The van der Waals surface area contributed by atoms with E-state index in [1.807, 2.05) is 35.0 Å². The van der Waals surface area contributed by atoms with Crippen molar-refractivity contribution in [3.05, 3.63) is 71.8 Å². The SMILES string of the molecule is O[C@H](c1ccccc1)c1nc(CCc2cnccn2)n(CC2CCCCC2)n1. The van der Waals surface area contributed by atoms with E-state index in [4.69, 9.17) is 10.1 Å². The molecule has 6 heteroatoms. The molecule has 0 amide bonds. The Bertz CT molecular complexity index is 859. The first-order chi connectivity index (χ1) is 13.8. The monoisotopic (exact) mass is 377 g/mol. The van der Waals surface area contributed by atoms with Crippen LogP contribution in [-0.4, -0.2) is 29.8 Å². The van der Waals surface area contributed by atoms with Crippen LogP contribution < -0.4 is 0 Å². The van der Waals surface area contributed by atoms with E-state index in [1.165, 1.54) is 32.1 Å². The summed E-state index contributed by atoms with van der Waals surface area (Å²) < 4.78 is 2.02. The molecule has 1 aliphatic carbocycles. The summed E-state index contributed by atoms with van der Waals surface area (Å²) in [6.45, 7) is 0.879. The molecule has 1 N–H and O–H groups in total. The Morgan fingerprint density at radius 1 is 1.04 bits per heavy atom. The number of hydrogen-bond donors (Lipinski definition) is 1. The van der Waals surface area contributed by atoms with Gasteiger partial charge in [-0.05, 0) is 30.7 Å². The topological polar surface area (TPSA) is 76.7 Å². The van der Waals surface area contributed by atoms with Gasteiger partial charge >= 0.3 is 0 Å². The zero-order valence-corrected chi connectivity index (χ0v) is 16.1. The van der Waals surface area contributed by atoms with Gasteiger partial charge in [0.05, 0.1) is 5.69 Å². The molecule has 0 unspecified atom stereocenters. The molecule has 28 heavy (non-hydrogen) atoms. The number of nitrogens with zero attached hydrogens (tertiary/aromatic N) is 5. The first kappa shape index (κ1) is 18.7. The van der Waals surface area contributed by atoms with Crippen molar-refractivity contribution in [1.29, 1.82) is 0 Å². The second-order valence-electron chi connectivity index (χ2n) is 7.58. The minimum absolute atomic E-state index is 0.483. The number of aryl methyl sites for hydroxylation is 2. The van der Waals surface area contributed by atoms with Crippen LogP contribution >= 0.6 is 0 Å². The molecule has 0 aliphatic heterocycles. The third kappa shape index (κ3) is 4.62. The van der Waals surface area contributed by atoms with Crippen LogP contribution in [0.25, 0.3) is 0 Å². The van der Waals surface area contributed by atoms with E-state index in [1.54, 1.807) is 18.6 Å². The molecule has 0 saturated heterocycles. The summed E-state index contributed by atoms with van der Waals surface area (Å²) in [4.78, 5) is 13.2. The lowest BCUT2D eigenvalue weighted by Gasteiger charge is -2.21. The third-order valence-electron chi connectivity index (χ3n) is 5.50. The largest absolute Gasteiger partial charge is 0.380 e. The predicted octanol–water partition coefficient (Wildman–Crippen LogP) is 3.52. The molecule has 1 aliphatic rings. The maximum Gasteiger partial charge on any atom is 0.183 e. The van der Waals surface area contributed by atoms with Crippen LogP contribution in [0.3, 0.4) is 0 Å². The fraction of sp³-hybridized carbons (Fsp3) is 0.455. The molecule has 0 bridgehead atoms. The zero-order chi connectivity index (χ0) is 19.2. The second-order valence-corrected chi connectivity index (χ2v) is 7.58. The Labute approximate surface area is 165 Å². The third-order valence-corrected chi connectivity index (χ3v) is 5.50. The van der Waals surface area contributed by atoms with E-state index < -0.39 is 6.10 Å². The maximum atomic E-state index is 10.8. The highest BCUT2D eigenvalue weighted by molar-refractivity contribution is 5.22. The number of aliphatic hydroxyl groups is 1. The lowest BCUT2D eigenvalue weighted by Crippen LogP contribution is -2.17. The van der Waals surface area contributed by atoms with Crippen LogP contribution in [0, 0.1) is 5.92 Å². The normalized spacial score (nSPS) is 16.2. The quantitative estimate of drug-likeness (QED) is 0.682. The Hall–Kier alpha value is -2.60. The molecule has 0 spiro atoms. The van der Waals surface area contributed by atoms with Crippen molar-refractivity contribution in [3.63, 3.8) is 0 Å². The van der Waals surface area contributed by atoms with E-state index in [0.29, 0.717) is 11.7 Å². The molecule has 0 radical (unpaired) electrons. The van der Waals surface area contributed by atoms with Crippen LogP contribution in [-0.2, 0) is 19.4 Å². The van der Waals surface area contributed by atoms with Gasteiger partial charge in [-0.15, -0.1) is 0 Å². The van der Waals surface area contributed by atoms with Gasteiger partial charge in [0.25, 0.3) is 0 Å². The first-order valence-corrected chi connectivity index (χ1v) is 10.2. The van der Waals surface area contributed by atoms with Gasteiger partial charge in [-0.2, -0.15) is 5.10 Å². The number of benzene rings is 1. The molecule has 146 valence electrons. The average Bonchev–Trinajstić information content (AvgIpc) is 3.16. The Morgan fingerprint density at radius 3 is 2.61 bits per heavy atom. The fourth-order valence-corrected chi connectivity index (χ4v) is 3.94. The predicted molar refractivity (Wildman–Crippen MR) is 107 cm³/mol. The number of aliphatic hydroxyl groups excluding tert-OH is 1. The highest BCUT2D eigenvalue weighted by atomic mass is 16.3. The summed E-state index contributed by atoms with van der Waals surface area (Å²) in [7, 11) is 0. The van der Waals surface area contributed by atoms with Crippen LogP contribution in [0.1, 0.15) is 61.1 Å². The van der Waals surface area contributed by atoms with Crippen LogP contribution in [0.4, 0.5) is 0 Å². The molecule has 1 saturated carbocycles. The Kier molecular flexibility index (Phi) is 6.07. The van der Waals surface area contributed by atoms with E-state index in [-0.39, 0.29) is 0 Å². The molecular weight excluding hydrogens is 350 g/mol. The average molecular weight is 377 g/mol. The van der Waals surface area contributed by atoms with Gasteiger partial charge in [-0.3, -0.25) is 9.97 Å². The molecule has 2 aromatic heterocycles. The Balaban J connectivity index is 1.55. The number of rotatable bonds is 7. The zero-order valence-electron chi connectivity index (χ0n) is 16.1. The van der Waals surface area contributed by atoms with Crippen LogP contribution in [0.5, 0.6) is 0 Å². The molecule has 3 aromatic rings. The number of aromatic nitrogens is 5. The van der Waals surface area contributed by atoms with Gasteiger partial charge < -0.3 is 5.11 Å². The minimum atomic E-state index is -0.802. The fourth-order valence-electron chi connectivity index (χ4n) is 3.94. The van der Waals surface area contributed by atoms with E-state index in [2.05, 4.69) is 9.97 Å². The van der Waals surface area contributed by atoms with Gasteiger partial charge in [-0.1, -0.05) is 49.6 Å². The molecule has 1 atom stereocenters. The Morgan fingerprint density at radius 2 is 1.86 bits per heavy atom. The molecule has 1 fully saturated rings. The van der Waals surface area contributed by atoms with Gasteiger partial charge in [0.15, 0.2) is 5.82 Å². The van der Waals surface area contributed by atoms with Crippen molar-refractivity contribution in [1.82, 2.24) is 24.7 Å². The van der Waals surface area contributed by atoms with Crippen molar-refractivity contribution in [2.24, 2.45) is 5.92 Å². The molecule has 1 aromatic carbocycles. The number of hydrogen-bond acceptors (Lipinski definition) is 5. The maximum absolute atomic E-state index is 10.8. The van der Waals surface area contributed by atoms with E-state index >= 15 is 0 Å². The van der Waals surface area contributed by atoms with Gasteiger partial charge in [0.1, 0.15) is 11.9 Å². The summed E-state index contributed by atoms with van der Waals surface area (Å²) >= 11 is 0. The van der Waals surface area contributed by atoms with Crippen molar-refractivity contribution in [3.8, 4) is 0 Å².